The van der Waals surface area contributed by atoms with Crippen molar-refractivity contribution in [1.82, 2.24) is 4.90 Å². The first kappa shape index (κ1) is 14.2. The summed E-state index contributed by atoms with van der Waals surface area (Å²) in [6, 6.07) is 4.75. The van der Waals surface area contributed by atoms with E-state index in [1.165, 1.54) is 23.8 Å². The van der Waals surface area contributed by atoms with E-state index < -0.39 is 5.97 Å². The Morgan fingerprint density at radius 2 is 2.37 bits per heavy atom. The van der Waals surface area contributed by atoms with Crippen LogP contribution in [0.4, 0.5) is 0 Å². The van der Waals surface area contributed by atoms with Crippen LogP contribution in [0.1, 0.15) is 22.6 Å². The molecule has 0 aliphatic heterocycles. The Bertz CT molecular complexity index is 451. The molecule has 0 bridgehead atoms. The van der Waals surface area contributed by atoms with Gasteiger partial charge in [-0.3, -0.25) is 4.90 Å². The lowest BCUT2D eigenvalue weighted by molar-refractivity contribution is -0.131. The summed E-state index contributed by atoms with van der Waals surface area (Å²) in [5.74, 6) is -0.908. The number of thiophene rings is 1. The molecule has 1 heterocycles. The van der Waals surface area contributed by atoms with Gasteiger partial charge >= 0.3 is 5.97 Å². The SMILES string of the molecule is COCCN(Cc1ccc(/C=C/C(=O)O)s1)C1CC1. The molecule has 19 heavy (non-hydrogen) atoms. The highest BCUT2D eigenvalue weighted by Gasteiger charge is 2.28. The summed E-state index contributed by atoms with van der Waals surface area (Å²) in [4.78, 5) is 15.2. The summed E-state index contributed by atoms with van der Waals surface area (Å²) < 4.78 is 5.14. The lowest BCUT2D eigenvalue weighted by Gasteiger charge is -2.20. The standard InChI is InChI=1S/C14H19NO3S/c1-18-9-8-15(11-2-3-11)10-13-5-4-12(19-13)6-7-14(16)17/h4-7,11H,2-3,8-10H2,1H3,(H,16,17)/b7-6+. The zero-order valence-corrected chi connectivity index (χ0v) is 11.9. The first-order valence-corrected chi connectivity index (χ1v) is 7.23. The van der Waals surface area contributed by atoms with Crippen LogP contribution in [0.25, 0.3) is 6.08 Å². The van der Waals surface area contributed by atoms with Gasteiger partial charge in [-0.05, 0) is 31.1 Å². The van der Waals surface area contributed by atoms with Gasteiger partial charge in [-0.15, -0.1) is 11.3 Å². The van der Waals surface area contributed by atoms with Gasteiger partial charge in [0.05, 0.1) is 6.61 Å². The van der Waals surface area contributed by atoms with E-state index in [-0.39, 0.29) is 0 Å². The van der Waals surface area contributed by atoms with Crippen molar-refractivity contribution < 1.29 is 14.6 Å². The minimum Gasteiger partial charge on any atom is -0.478 e. The van der Waals surface area contributed by atoms with Crippen LogP contribution in [0.15, 0.2) is 18.2 Å². The van der Waals surface area contributed by atoms with Gasteiger partial charge in [0, 0.05) is 42.1 Å². The van der Waals surface area contributed by atoms with E-state index in [2.05, 4.69) is 11.0 Å². The molecule has 104 valence electrons. The maximum Gasteiger partial charge on any atom is 0.328 e. The molecular formula is C14H19NO3S. The van der Waals surface area contributed by atoms with Gasteiger partial charge in [-0.1, -0.05) is 0 Å². The number of carbonyl (C=O) groups is 1. The molecular weight excluding hydrogens is 262 g/mol. The number of aliphatic carboxylic acids is 1. The average Bonchev–Trinajstić information content (AvgIpc) is 3.13. The van der Waals surface area contributed by atoms with Crippen molar-refractivity contribution in [3.8, 4) is 0 Å². The van der Waals surface area contributed by atoms with Gasteiger partial charge in [0.25, 0.3) is 0 Å². The maximum atomic E-state index is 10.5. The van der Waals surface area contributed by atoms with Gasteiger partial charge in [0.1, 0.15) is 0 Å². The summed E-state index contributed by atoms with van der Waals surface area (Å²) >= 11 is 1.65. The number of rotatable bonds is 8. The number of nitrogens with zero attached hydrogens (tertiary/aromatic N) is 1. The van der Waals surface area contributed by atoms with E-state index >= 15 is 0 Å². The first-order valence-electron chi connectivity index (χ1n) is 6.41. The van der Waals surface area contributed by atoms with Crippen molar-refractivity contribution in [3.05, 3.63) is 28.0 Å². The lowest BCUT2D eigenvalue weighted by atomic mass is 10.3. The molecule has 5 heteroatoms. The second-order valence-electron chi connectivity index (χ2n) is 4.67. The minimum atomic E-state index is -0.908. The van der Waals surface area contributed by atoms with Crippen molar-refractivity contribution in [2.45, 2.75) is 25.4 Å². The first-order chi connectivity index (χ1) is 9.19. The van der Waals surface area contributed by atoms with E-state index in [1.54, 1.807) is 24.5 Å². The second-order valence-corrected chi connectivity index (χ2v) is 5.87. The van der Waals surface area contributed by atoms with Crippen LogP contribution in [0.5, 0.6) is 0 Å². The fourth-order valence-electron chi connectivity index (χ4n) is 1.96. The minimum absolute atomic E-state index is 0.704. The average molecular weight is 281 g/mol. The van der Waals surface area contributed by atoms with Crippen molar-refractivity contribution >= 4 is 23.4 Å². The van der Waals surface area contributed by atoms with Crippen LogP contribution in [0, 0.1) is 0 Å². The van der Waals surface area contributed by atoms with E-state index in [1.807, 2.05) is 6.07 Å². The number of carboxylic acids is 1. The molecule has 0 aromatic carbocycles. The predicted molar refractivity (Wildman–Crippen MR) is 76.3 cm³/mol. The van der Waals surface area contributed by atoms with Gasteiger partial charge in [-0.2, -0.15) is 0 Å². The Labute approximate surface area is 117 Å². The van der Waals surface area contributed by atoms with Crippen LogP contribution < -0.4 is 0 Å². The number of carboxylic acid groups (broad SMARTS) is 1. The van der Waals surface area contributed by atoms with Gasteiger partial charge in [0.15, 0.2) is 0 Å². The third kappa shape index (κ3) is 4.78. The molecule has 1 aromatic rings. The van der Waals surface area contributed by atoms with Gasteiger partial charge in [-0.25, -0.2) is 4.79 Å². The zero-order chi connectivity index (χ0) is 13.7. The highest BCUT2D eigenvalue weighted by molar-refractivity contribution is 7.12. The van der Waals surface area contributed by atoms with Crippen LogP contribution >= 0.6 is 11.3 Å². The number of ether oxygens (including phenoxy) is 1. The van der Waals surface area contributed by atoms with Crippen LogP contribution in [-0.2, 0) is 16.1 Å². The molecule has 0 unspecified atom stereocenters. The topological polar surface area (TPSA) is 49.8 Å². The number of methoxy groups -OCH3 is 1. The van der Waals surface area contributed by atoms with E-state index in [0.29, 0.717) is 6.04 Å². The van der Waals surface area contributed by atoms with Crippen LogP contribution in [-0.4, -0.2) is 42.3 Å². The highest BCUT2D eigenvalue weighted by Crippen LogP contribution is 2.29. The normalized spacial score (nSPS) is 15.5. The molecule has 1 aliphatic rings. The highest BCUT2D eigenvalue weighted by atomic mass is 32.1. The van der Waals surface area contributed by atoms with Crippen LogP contribution in [0.3, 0.4) is 0 Å². The smallest absolute Gasteiger partial charge is 0.328 e. The number of hydrogen-bond donors (Lipinski definition) is 1. The van der Waals surface area contributed by atoms with E-state index in [4.69, 9.17) is 9.84 Å². The summed E-state index contributed by atoms with van der Waals surface area (Å²) in [6.45, 7) is 2.65. The largest absolute Gasteiger partial charge is 0.478 e. The lowest BCUT2D eigenvalue weighted by Crippen LogP contribution is -2.28. The number of hydrogen-bond acceptors (Lipinski definition) is 4. The Hall–Kier alpha value is -1.17. The molecule has 0 spiro atoms. The fraction of sp³-hybridized carbons (Fsp3) is 0.500. The predicted octanol–water partition coefficient (Wildman–Crippen LogP) is 2.46. The van der Waals surface area contributed by atoms with Crippen molar-refractivity contribution in [2.24, 2.45) is 0 Å². The van der Waals surface area contributed by atoms with Crippen molar-refractivity contribution in [1.29, 1.82) is 0 Å². The third-order valence-corrected chi connectivity index (χ3v) is 4.11. The van der Waals surface area contributed by atoms with Crippen molar-refractivity contribution in [2.75, 3.05) is 20.3 Å². The molecule has 0 radical (unpaired) electrons. The fourth-order valence-corrected chi connectivity index (χ4v) is 2.90. The quantitative estimate of drug-likeness (QED) is 0.744. The van der Waals surface area contributed by atoms with Crippen LogP contribution in [0.2, 0.25) is 0 Å². The Morgan fingerprint density at radius 1 is 1.58 bits per heavy atom. The molecule has 2 rings (SSSR count). The summed E-state index contributed by atoms with van der Waals surface area (Å²) in [6.07, 6.45) is 5.38. The van der Waals surface area contributed by atoms with Gasteiger partial charge in [0.2, 0.25) is 0 Å². The monoisotopic (exact) mass is 281 g/mol. The summed E-state index contributed by atoms with van der Waals surface area (Å²) in [7, 11) is 1.73. The third-order valence-electron chi connectivity index (χ3n) is 3.08. The zero-order valence-electron chi connectivity index (χ0n) is 11.0. The van der Waals surface area contributed by atoms with E-state index in [9.17, 15) is 4.79 Å². The summed E-state index contributed by atoms with van der Waals surface area (Å²) in [5.41, 5.74) is 0. The second kappa shape index (κ2) is 6.84. The van der Waals surface area contributed by atoms with E-state index in [0.717, 1.165) is 24.6 Å². The Kier molecular flexibility index (Phi) is 5.13. The Morgan fingerprint density at radius 3 is 3.00 bits per heavy atom. The Balaban J connectivity index is 1.91. The molecule has 1 saturated carbocycles. The van der Waals surface area contributed by atoms with Crippen molar-refractivity contribution in [3.63, 3.8) is 0 Å². The van der Waals surface area contributed by atoms with Gasteiger partial charge < -0.3 is 9.84 Å². The molecule has 0 saturated heterocycles. The molecule has 1 aliphatic carbocycles. The molecule has 0 atom stereocenters. The molecule has 4 nitrogen and oxygen atoms in total. The summed E-state index contributed by atoms with van der Waals surface area (Å²) in [5, 5.41) is 8.60. The molecule has 0 amide bonds. The maximum absolute atomic E-state index is 10.5. The molecule has 1 N–H and O–H groups in total. The molecule has 1 aromatic heterocycles. The molecule has 1 fully saturated rings.